The minimum Gasteiger partial charge on any atom is -0.486 e. The number of hydrogen-bond acceptors (Lipinski definition) is 4. The van der Waals surface area contributed by atoms with Gasteiger partial charge in [0.05, 0.1) is 0 Å². The molecule has 0 spiro atoms. The lowest BCUT2D eigenvalue weighted by atomic mass is 10.1. The van der Waals surface area contributed by atoms with Gasteiger partial charge in [0.25, 0.3) is 5.91 Å². The van der Waals surface area contributed by atoms with Gasteiger partial charge in [-0.15, -0.1) is 0 Å². The van der Waals surface area contributed by atoms with Crippen molar-refractivity contribution in [1.82, 2.24) is 4.90 Å². The van der Waals surface area contributed by atoms with Gasteiger partial charge >= 0.3 is 0 Å². The smallest absolute Gasteiger partial charge is 0.260 e. The Bertz CT molecular complexity index is 772. The molecule has 5 nitrogen and oxygen atoms in total. The molecule has 1 aliphatic rings. The molecule has 0 bridgehead atoms. The molecular weight excluding hydrogens is 318 g/mol. The molecule has 0 saturated carbocycles. The van der Waals surface area contributed by atoms with Crippen LogP contribution in [0.2, 0.25) is 0 Å². The molecule has 0 N–H and O–H groups in total. The third-order valence-electron chi connectivity index (χ3n) is 4.29. The summed E-state index contributed by atoms with van der Waals surface area (Å²) in [6.45, 7) is 5.70. The van der Waals surface area contributed by atoms with Crippen LogP contribution in [0.25, 0.3) is 0 Å². The summed E-state index contributed by atoms with van der Waals surface area (Å²) in [6.07, 6.45) is 0. The van der Waals surface area contributed by atoms with E-state index in [0.29, 0.717) is 25.5 Å². The third-order valence-corrected chi connectivity index (χ3v) is 4.29. The second-order valence-electron chi connectivity index (χ2n) is 6.26. The summed E-state index contributed by atoms with van der Waals surface area (Å²) in [7, 11) is 1.77. The number of carbonyl (C=O) groups is 1. The summed E-state index contributed by atoms with van der Waals surface area (Å²) in [4.78, 5) is 14.0. The molecule has 1 aliphatic heterocycles. The van der Waals surface area contributed by atoms with Crippen molar-refractivity contribution in [3.63, 3.8) is 0 Å². The van der Waals surface area contributed by atoms with E-state index >= 15 is 0 Å². The first-order valence-electron chi connectivity index (χ1n) is 8.35. The van der Waals surface area contributed by atoms with Crippen LogP contribution in [0.5, 0.6) is 17.2 Å². The van der Waals surface area contributed by atoms with Crippen LogP contribution in [0.15, 0.2) is 36.4 Å². The highest BCUT2D eigenvalue weighted by Gasteiger charge is 2.15. The number of nitrogens with zero attached hydrogens (tertiary/aromatic N) is 1. The fourth-order valence-corrected chi connectivity index (χ4v) is 2.61. The Kier molecular flexibility index (Phi) is 5.12. The van der Waals surface area contributed by atoms with Gasteiger partial charge in [-0.05, 0) is 54.8 Å². The third kappa shape index (κ3) is 4.24. The van der Waals surface area contributed by atoms with Gasteiger partial charge in [-0.2, -0.15) is 0 Å². The van der Waals surface area contributed by atoms with Crippen LogP contribution in [-0.4, -0.2) is 37.7 Å². The lowest BCUT2D eigenvalue weighted by molar-refractivity contribution is -0.132. The number of ether oxygens (including phenoxy) is 3. The van der Waals surface area contributed by atoms with Crippen LogP contribution >= 0.6 is 0 Å². The maximum Gasteiger partial charge on any atom is 0.260 e. The fraction of sp³-hybridized carbons (Fsp3) is 0.350. The topological polar surface area (TPSA) is 48.0 Å². The second-order valence-corrected chi connectivity index (χ2v) is 6.26. The minimum absolute atomic E-state index is 0.0174. The number of likely N-dealkylation sites (N-methyl/N-ethyl adjacent to an activating group) is 1. The van der Waals surface area contributed by atoms with E-state index in [-0.39, 0.29) is 12.5 Å². The van der Waals surface area contributed by atoms with Gasteiger partial charge in [-0.1, -0.05) is 12.1 Å². The average Bonchev–Trinajstić information content (AvgIpc) is 2.62. The lowest BCUT2D eigenvalue weighted by Crippen LogP contribution is -2.31. The maximum atomic E-state index is 12.3. The monoisotopic (exact) mass is 341 g/mol. The van der Waals surface area contributed by atoms with Crippen molar-refractivity contribution >= 4 is 5.91 Å². The summed E-state index contributed by atoms with van der Waals surface area (Å²) in [5, 5.41) is 0. The van der Waals surface area contributed by atoms with Crippen molar-refractivity contribution in [2.45, 2.75) is 20.4 Å². The van der Waals surface area contributed by atoms with Gasteiger partial charge in [0, 0.05) is 13.6 Å². The van der Waals surface area contributed by atoms with Crippen molar-refractivity contribution < 1.29 is 19.0 Å². The van der Waals surface area contributed by atoms with Crippen LogP contribution in [0, 0.1) is 13.8 Å². The first kappa shape index (κ1) is 17.1. The summed E-state index contributed by atoms with van der Waals surface area (Å²) >= 11 is 0. The zero-order chi connectivity index (χ0) is 17.8. The molecule has 0 aromatic heterocycles. The highest BCUT2D eigenvalue weighted by molar-refractivity contribution is 5.77. The predicted molar refractivity (Wildman–Crippen MR) is 95.3 cm³/mol. The highest BCUT2D eigenvalue weighted by atomic mass is 16.6. The van der Waals surface area contributed by atoms with E-state index in [9.17, 15) is 4.79 Å². The lowest BCUT2D eigenvalue weighted by Gasteiger charge is -2.21. The first-order valence-corrected chi connectivity index (χ1v) is 8.35. The van der Waals surface area contributed by atoms with Gasteiger partial charge < -0.3 is 19.1 Å². The fourth-order valence-electron chi connectivity index (χ4n) is 2.61. The molecule has 132 valence electrons. The summed E-state index contributed by atoms with van der Waals surface area (Å²) in [6, 6.07) is 11.6. The Morgan fingerprint density at radius 2 is 1.80 bits per heavy atom. The highest BCUT2D eigenvalue weighted by Crippen LogP contribution is 2.31. The van der Waals surface area contributed by atoms with E-state index in [1.165, 1.54) is 5.56 Å². The molecular formula is C20H23NO4. The number of aryl methyl sites for hydroxylation is 2. The van der Waals surface area contributed by atoms with Crippen molar-refractivity contribution in [3.8, 4) is 17.2 Å². The number of benzene rings is 2. The molecule has 0 fully saturated rings. The van der Waals surface area contributed by atoms with Gasteiger partial charge in [0.2, 0.25) is 0 Å². The molecule has 5 heteroatoms. The van der Waals surface area contributed by atoms with E-state index in [2.05, 4.69) is 0 Å². The predicted octanol–water partition coefficient (Wildman–Crippen LogP) is 3.11. The van der Waals surface area contributed by atoms with E-state index in [1.54, 1.807) is 11.9 Å². The molecule has 0 saturated heterocycles. The Balaban J connectivity index is 1.56. The molecule has 0 aliphatic carbocycles. The number of fused-ring (bicyclic) bond motifs is 1. The van der Waals surface area contributed by atoms with Crippen LogP contribution < -0.4 is 14.2 Å². The molecule has 2 aromatic carbocycles. The van der Waals surface area contributed by atoms with Crippen molar-refractivity contribution in [2.24, 2.45) is 0 Å². The Morgan fingerprint density at radius 3 is 2.56 bits per heavy atom. The zero-order valence-electron chi connectivity index (χ0n) is 14.9. The Labute approximate surface area is 148 Å². The quantitative estimate of drug-likeness (QED) is 0.838. The van der Waals surface area contributed by atoms with Gasteiger partial charge in [-0.3, -0.25) is 4.79 Å². The summed E-state index contributed by atoms with van der Waals surface area (Å²) in [5.74, 6) is 2.12. The normalized spacial score (nSPS) is 12.6. The molecule has 0 unspecified atom stereocenters. The molecule has 1 heterocycles. The molecule has 1 amide bonds. The number of carbonyl (C=O) groups excluding carboxylic acids is 1. The van der Waals surface area contributed by atoms with Crippen molar-refractivity contribution in [1.29, 1.82) is 0 Å². The van der Waals surface area contributed by atoms with E-state index in [4.69, 9.17) is 14.2 Å². The molecule has 25 heavy (non-hydrogen) atoms. The molecule has 2 aromatic rings. The van der Waals surface area contributed by atoms with Crippen LogP contribution in [0.4, 0.5) is 0 Å². The SMILES string of the molecule is Cc1ccc(OCC(=O)N(C)Cc2ccc3c(c2)OCCO3)cc1C. The summed E-state index contributed by atoms with van der Waals surface area (Å²) in [5.41, 5.74) is 3.34. The summed E-state index contributed by atoms with van der Waals surface area (Å²) < 4.78 is 16.7. The van der Waals surface area contributed by atoms with Crippen LogP contribution in [0.1, 0.15) is 16.7 Å². The van der Waals surface area contributed by atoms with E-state index in [0.717, 1.165) is 22.6 Å². The maximum absolute atomic E-state index is 12.3. The molecule has 3 rings (SSSR count). The van der Waals surface area contributed by atoms with E-state index in [1.807, 2.05) is 50.2 Å². The van der Waals surface area contributed by atoms with Gasteiger partial charge in [-0.25, -0.2) is 0 Å². The molecule has 0 atom stereocenters. The minimum atomic E-state index is -0.0758. The average molecular weight is 341 g/mol. The number of rotatable bonds is 5. The number of amides is 1. The van der Waals surface area contributed by atoms with Gasteiger partial charge in [0.1, 0.15) is 19.0 Å². The Morgan fingerprint density at radius 1 is 1.04 bits per heavy atom. The largest absolute Gasteiger partial charge is 0.486 e. The Hall–Kier alpha value is -2.69. The number of hydrogen-bond donors (Lipinski definition) is 0. The van der Waals surface area contributed by atoms with E-state index < -0.39 is 0 Å². The van der Waals surface area contributed by atoms with Crippen molar-refractivity contribution in [2.75, 3.05) is 26.9 Å². The second kappa shape index (κ2) is 7.47. The standard InChI is InChI=1S/C20H23NO4/c1-14-4-6-17(10-15(14)2)25-13-20(22)21(3)12-16-5-7-18-19(11-16)24-9-8-23-18/h4-7,10-11H,8-9,12-13H2,1-3H3. The van der Waals surface area contributed by atoms with Crippen LogP contribution in [-0.2, 0) is 11.3 Å². The molecule has 0 radical (unpaired) electrons. The van der Waals surface area contributed by atoms with Crippen molar-refractivity contribution in [3.05, 3.63) is 53.1 Å². The van der Waals surface area contributed by atoms with Gasteiger partial charge in [0.15, 0.2) is 18.1 Å². The first-order chi connectivity index (χ1) is 12.0. The van der Waals surface area contributed by atoms with Crippen LogP contribution in [0.3, 0.4) is 0 Å². The zero-order valence-corrected chi connectivity index (χ0v) is 14.9.